The first-order chi connectivity index (χ1) is 11.5. The summed E-state index contributed by atoms with van der Waals surface area (Å²) in [6.45, 7) is 5.69. The molecule has 2 aromatic rings. The number of nitrogens with zero attached hydrogens (tertiary/aromatic N) is 1. The van der Waals surface area contributed by atoms with Crippen LogP contribution in [0.2, 0.25) is 0 Å². The zero-order valence-electron chi connectivity index (χ0n) is 14.3. The van der Waals surface area contributed by atoms with Gasteiger partial charge in [-0.25, -0.2) is 0 Å². The van der Waals surface area contributed by atoms with Gasteiger partial charge in [-0.1, -0.05) is 29.8 Å². The van der Waals surface area contributed by atoms with Crippen molar-refractivity contribution in [2.75, 3.05) is 13.1 Å². The van der Waals surface area contributed by atoms with E-state index in [1.165, 1.54) is 21.6 Å². The fourth-order valence-corrected chi connectivity index (χ4v) is 4.02. The first kappa shape index (κ1) is 17.1. The molecule has 1 aliphatic heterocycles. The van der Waals surface area contributed by atoms with Crippen LogP contribution in [0.25, 0.3) is 0 Å². The second kappa shape index (κ2) is 7.41. The number of likely N-dealkylation sites (tertiary alicyclic amines) is 1. The molecule has 0 spiro atoms. The molecule has 1 aliphatic rings. The van der Waals surface area contributed by atoms with Gasteiger partial charge in [0.05, 0.1) is 0 Å². The van der Waals surface area contributed by atoms with E-state index in [2.05, 4.69) is 38.1 Å². The van der Waals surface area contributed by atoms with Crippen molar-refractivity contribution < 1.29 is 4.79 Å². The molecule has 3 nitrogen and oxygen atoms in total. The minimum atomic E-state index is 0.0984. The third-order valence-corrected chi connectivity index (χ3v) is 5.66. The first-order valence-electron chi connectivity index (χ1n) is 8.37. The van der Waals surface area contributed by atoms with Crippen LogP contribution >= 0.6 is 11.8 Å². The standard InChI is InChI=1S/C20H24N2OS/c1-14-6-7-19(15(2)10-14)24-13-16-4-3-5-17(11-16)20(23)22-9-8-18(21)12-22/h3-7,10-11,18H,8-9,12-13,21H2,1-2H3/t18-/m1/s1. The number of carbonyl (C=O) groups excluding carboxylic acids is 1. The van der Waals surface area contributed by atoms with E-state index in [9.17, 15) is 4.79 Å². The van der Waals surface area contributed by atoms with Gasteiger partial charge in [0.2, 0.25) is 0 Å². The number of carbonyl (C=O) groups is 1. The maximum atomic E-state index is 12.6. The lowest BCUT2D eigenvalue weighted by Crippen LogP contribution is -2.31. The van der Waals surface area contributed by atoms with Gasteiger partial charge in [-0.2, -0.15) is 0 Å². The number of amides is 1. The van der Waals surface area contributed by atoms with Gasteiger partial charge in [0.15, 0.2) is 0 Å². The van der Waals surface area contributed by atoms with Crippen LogP contribution in [-0.4, -0.2) is 29.9 Å². The van der Waals surface area contributed by atoms with Crippen molar-refractivity contribution in [3.63, 3.8) is 0 Å². The van der Waals surface area contributed by atoms with Gasteiger partial charge in [-0.15, -0.1) is 11.8 Å². The van der Waals surface area contributed by atoms with Gasteiger partial charge in [0.25, 0.3) is 5.91 Å². The Morgan fingerprint density at radius 1 is 1.25 bits per heavy atom. The largest absolute Gasteiger partial charge is 0.337 e. The predicted octanol–water partition coefficient (Wildman–Crippen LogP) is 3.77. The molecule has 0 radical (unpaired) electrons. The summed E-state index contributed by atoms with van der Waals surface area (Å²) in [5, 5.41) is 0. The van der Waals surface area contributed by atoms with Crippen LogP contribution in [0, 0.1) is 13.8 Å². The van der Waals surface area contributed by atoms with Crippen LogP contribution in [0.4, 0.5) is 0 Å². The highest BCUT2D eigenvalue weighted by Crippen LogP contribution is 2.27. The fourth-order valence-electron chi connectivity index (χ4n) is 3.07. The van der Waals surface area contributed by atoms with Crippen molar-refractivity contribution >= 4 is 17.7 Å². The monoisotopic (exact) mass is 340 g/mol. The molecule has 0 aromatic heterocycles. The van der Waals surface area contributed by atoms with Crippen molar-refractivity contribution in [2.24, 2.45) is 5.73 Å². The molecule has 2 aromatic carbocycles. The molecule has 0 aliphatic carbocycles. The van der Waals surface area contributed by atoms with Gasteiger partial charge in [0.1, 0.15) is 0 Å². The van der Waals surface area contributed by atoms with E-state index >= 15 is 0 Å². The molecule has 1 saturated heterocycles. The summed E-state index contributed by atoms with van der Waals surface area (Å²) in [5.41, 5.74) is 10.4. The molecular weight excluding hydrogens is 316 g/mol. The first-order valence-corrected chi connectivity index (χ1v) is 9.35. The Morgan fingerprint density at radius 3 is 2.79 bits per heavy atom. The van der Waals surface area contributed by atoms with E-state index in [0.29, 0.717) is 6.54 Å². The van der Waals surface area contributed by atoms with E-state index in [1.54, 1.807) is 0 Å². The lowest BCUT2D eigenvalue weighted by atomic mass is 10.1. The molecule has 0 unspecified atom stereocenters. The molecule has 24 heavy (non-hydrogen) atoms. The lowest BCUT2D eigenvalue weighted by Gasteiger charge is -2.16. The fraction of sp³-hybridized carbons (Fsp3) is 0.350. The topological polar surface area (TPSA) is 46.3 Å². The number of thioether (sulfide) groups is 1. The number of hydrogen-bond donors (Lipinski definition) is 1. The SMILES string of the molecule is Cc1ccc(SCc2cccc(C(=O)N3CC[C@@H](N)C3)c2)c(C)c1. The molecule has 0 saturated carbocycles. The molecule has 1 heterocycles. The molecule has 126 valence electrons. The van der Waals surface area contributed by atoms with E-state index in [0.717, 1.165) is 24.3 Å². The Balaban J connectivity index is 1.68. The van der Waals surface area contributed by atoms with Crippen LogP contribution in [0.15, 0.2) is 47.4 Å². The van der Waals surface area contributed by atoms with Gasteiger partial charge < -0.3 is 10.6 Å². The summed E-state index contributed by atoms with van der Waals surface area (Å²) in [6, 6.07) is 14.6. The second-order valence-corrected chi connectivity index (χ2v) is 7.58. The van der Waals surface area contributed by atoms with Gasteiger partial charge in [0, 0.05) is 35.3 Å². The number of hydrogen-bond acceptors (Lipinski definition) is 3. The molecule has 2 N–H and O–H groups in total. The number of benzene rings is 2. The van der Waals surface area contributed by atoms with Crippen molar-refractivity contribution in [2.45, 2.75) is 37.0 Å². The van der Waals surface area contributed by atoms with Crippen LogP contribution in [0.1, 0.15) is 33.5 Å². The second-order valence-electron chi connectivity index (χ2n) is 6.56. The van der Waals surface area contributed by atoms with Gasteiger partial charge in [-0.05, 0) is 49.6 Å². The molecule has 4 heteroatoms. The van der Waals surface area contributed by atoms with E-state index in [4.69, 9.17) is 5.73 Å². The normalized spacial score (nSPS) is 17.3. The van der Waals surface area contributed by atoms with Crippen molar-refractivity contribution in [3.05, 3.63) is 64.7 Å². The highest BCUT2D eigenvalue weighted by atomic mass is 32.2. The number of aryl methyl sites for hydroxylation is 2. The predicted molar refractivity (Wildman–Crippen MR) is 100 cm³/mol. The molecule has 1 fully saturated rings. The summed E-state index contributed by atoms with van der Waals surface area (Å²) in [7, 11) is 0. The smallest absolute Gasteiger partial charge is 0.253 e. The highest BCUT2D eigenvalue weighted by molar-refractivity contribution is 7.98. The summed E-state index contributed by atoms with van der Waals surface area (Å²) in [4.78, 5) is 15.7. The molecule has 3 rings (SSSR count). The lowest BCUT2D eigenvalue weighted by molar-refractivity contribution is 0.0791. The summed E-state index contributed by atoms with van der Waals surface area (Å²) >= 11 is 1.82. The van der Waals surface area contributed by atoms with E-state index in [-0.39, 0.29) is 11.9 Å². The average Bonchev–Trinajstić information content (AvgIpc) is 3.00. The molecule has 0 bridgehead atoms. The van der Waals surface area contributed by atoms with Crippen LogP contribution in [0.3, 0.4) is 0 Å². The summed E-state index contributed by atoms with van der Waals surface area (Å²) in [5.74, 6) is 0.964. The van der Waals surface area contributed by atoms with Crippen molar-refractivity contribution in [3.8, 4) is 0 Å². The molecule has 1 atom stereocenters. The van der Waals surface area contributed by atoms with Crippen molar-refractivity contribution in [1.29, 1.82) is 0 Å². The Hall–Kier alpha value is -1.78. The Labute approximate surface area is 148 Å². The maximum Gasteiger partial charge on any atom is 0.253 e. The third kappa shape index (κ3) is 4.00. The Kier molecular flexibility index (Phi) is 5.27. The van der Waals surface area contributed by atoms with Crippen LogP contribution < -0.4 is 5.73 Å². The zero-order valence-corrected chi connectivity index (χ0v) is 15.1. The zero-order chi connectivity index (χ0) is 17.1. The Morgan fingerprint density at radius 2 is 2.08 bits per heavy atom. The van der Waals surface area contributed by atoms with Gasteiger partial charge >= 0.3 is 0 Å². The maximum absolute atomic E-state index is 12.6. The minimum absolute atomic E-state index is 0.0984. The highest BCUT2D eigenvalue weighted by Gasteiger charge is 2.24. The van der Waals surface area contributed by atoms with Crippen LogP contribution in [-0.2, 0) is 5.75 Å². The van der Waals surface area contributed by atoms with E-state index in [1.807, 2.05) is 34.9 Å². The van der Waals surface area contributed by atoms with Gasteiger partial charge in [-0.3, -0.25) is 4.79 Å². The quantitative estimate of drug-likeness (QED) is 0.862. The molecular formula is C20H24N2OS. The van der Waals surface area contributed by atoms with E-state index < -0.39 is 0 Å². The number of rotatable bonds is 4. The van der Waals surface area contributed by atoms with Crippen LogP contribution in [0.5, 0.6) is 0 Å². The average molecular weight is 340 g/mol. The third-order valence-electron chi connectivity index (χ3n) is 4.41. The Bertz CT molecular complexity index is 744. The molecule has 1 amide bonds. The number of nitrogens with two attached hydrogens (primary N) is 1. The summed E-state index contributed by atoms with van der Waals surface area (Å²) in [6.07, 6.45) is 0.897. The minimum Gasteiger partial charge on any atom is -0.337 e. The van der Waals surface area contributed by atoms with Crippen molar-refractivity contribution in [1.82, 2.24) is 4.90 Å². The summed E-state index contributed by atoms with van der Waals surface area (Å²) < 4.78 is 0.